The van der Waals surface area contributed by atoms with Crippen LogP contribution < -0.4 is 15.0 Å². The molecule has 1 N–H and O–H groups in total. The number of benzene rings is 1. The Morgan fingerprint density at radius 3 is 2.80 bits per heavy atom. The zero-order valence-electron chi connectivity index (χ0n) is 15.2. The predicted molar refractivity (Wildman–Crippen MR) is 100 cm³/mol. The van der Waals surface area contributed by atoms with Crippen molar-refractivity contribution in [3.8, 4) is 5.75 Å². The zero-order valence-corrected chi connectivity index (χ0v) is 15.2. The number of methoxy groups -OCH3 is 1. The summed E-state index contributed by atoms with van der Waals surface area (Å²) in [5.41, 5.74) is 1.21. The first-order valence-corrected chi connectivity index (χ1v) is 9.37. The number of imidazole rings is 1. The summed E-state index contributed by atoms with van der Waals surface area (Å²) in [5, 5.41) is 3.93. The lowest BCUT2D eigenvalue weighted by molar-refractivity contribution is 0.341. The van der Waals surface area contributed by atoms with Crippen molar-refractivity contribution in [3.63, 3.8) is 0 Å². The number of para-hydroxylation sites is 2. The van der Waals surface area contributed by atoms with E-state index in [0.29, 0.717) is 12.1 Å². The van der Waals surface area contributed by atoms with Gasteiger partial charge in [0.15, 0.2) is 0 Å². The summed E-state index contributed by atoms with van der Waals surface area (Å²) in [5.74, 6) is 2.88. The van der Waals surface area contributed by atoms with Gasteiger partial charge in [-0.15, -0.1) is 0 Å². The quantitative estimate of drug-likeness (QED) is 0.877. The molecule has 1 saturated carbocycles. The molecule has 5 heteroatoms. The number of anilines is 1. The lowest BCUT2D eigenvalue weighted by Gasteiger charge is -2.37. The molecule has 25 heavy (non-hydrogen) atoms. The molecule has 1 aliphatic heterocycles. The van der Waals surface area contributed by atoms with Crippen LogP contribution >= 0.6 is 0 Å². The number of ether oxygens (including phenoxy) is 1. The molecule has 2 aromatic rings. The molecule has 1 aliphatic carbocycles. The molecular formula is C20H28N4O. The predicted octanol–water partition coefficient (Wildman–Crippen LogP) is 3.14. The van der Waals surface area contributed by atoms with Crippen LogP contribution in [0.15, 0.2) is 36.7 Å². The average Bonchev–Trinajstić information content (AvgIpc) is 3.41. The highest BCUT2D eigenvalue weighted by Crippen LogP contribution is 2.41. The van der Waals surface area contributed by atoms with Crippen molar-refractivity contribution in [3.05, 3.63) is 42.5 Å². The molecule has 0 bridgehead atoms. The summed E-state index contributed by atoms with van der Waals surface area (Å²) >= 11 is 0. The lowest BCUT2D eigenvalue weighted by Crippen LogP contribution is -2.47. The van der Waals surface area contributed by atoms with Crippen molar-refractivity contribution >= 4 is 5.69 Å². The number of piperidine rings is 1. The Kier molecular flexibility index (Phi) is 4.66. The van der Waals surface area contributed by atoms with E-state index in [1.165, 1.54) is 37.2 Å². The molecule has 1 aromatic heterocycles. The summed E-state index contributed by atoms with van der Waals surface area (Å²) < 4.78 is 7.73. The van der Waals surface area contributed by atoms with Crippen LogP contribution in [-0.2, 0) is 7.05 Å². The molecule has 0 unspecified atom stereocenters. The normalized spacial score (nSPS) is 22.0. The molecule has 2 fully saturated rings. The first-order chi connectivity index (χ1) is 12.3. The van der Waals surface area contributed by atoms with E-state index < -0.39 is 0 Å². The van der Waals surface area contributed by atoms with Gasteiger partial charge in [0.1, 0.15) is 11.6 Å². The fourth-order valence-corrected chi connectivity index (χ4v) is 4.00. The van der Waals surface area contributed by atoms with Crippen molar-refractivity contribution in [2.24, 2.45) is 13.0 Å². The minimum absolute atomic E-state index is 0.377. The fourth-order valence-electron chi connectivity index (χ4n) is 4.00. The average molecular weight is 340 g/mol. The molecule has 2 aliphatic rings. The first-order valence-electron chi connectivity index (χ1n) is 9.37. The monoisotopic (exact) mass is 340 g/mol. The number of nitrogens with one attached hydrogen (secondary N) is 1. The molecular weight excluding hydrogens is 312 g/mol. The lowest BCUT2D eigenvalue weighted by atomic mass is 10.0. The highest BCUT2D eigenvalue weighted by molar-refractivity contribution is 5.58. The Hall–Kier alpha value is -2.01. The second-order valence-corrected chi connectivity index (χ2v) is 7.34. The summed E-state index contributed by atoms with van der Waals surface area (Å²) in [6.07, 6.45) is 9.01. The van der Waals surface area contributed by atoms with Crippen LogP contribution in [0.25, 0.3) is 0 Å². The number of aromatic nitrogens is 2. The molecule has 0 radical (unpaired) electrons. The van der Waals surface area contributed by atoms with Gasteiger partial charge in [0, 0.05) is 38.6 Å². The fraction of sp³-hybridized carbons (Fsp3) is 0.550. The van der Waals surface area contributed by atoms with Crippen molar-refractivity contribution in [2.75, 3.05) is 25.1 Å². The van der Waals surface area contributed by atoms with E-state index in [1.54, 1.807) is 7.11 Å². The number of hydrogen-bond acceptors (Lipinski definition) is 4. The van der Waals surface area contributed by atoms with E-state index in [2.05, 4.69) is 45.1 Å². The highest BCUT2D eigenvalue weighted by Gasteiger charge is 2.36. The van der Waals surface area contributed by atoms with Gasteiger partial charge in [-0.25, -0.2) is 4.98 Å². The topological polar surface area (TPSA) is 42.3 Å². The molecule has 2 heterocycles. The first kappa shape index (κ1) is 16.5. The van der Waals surface area contributed by atoms with Crippen molar-refractivity contribution in [2.45, 2.75) is 37.8 Å². The van der Waals surface area contributed by atoms with Crippen LogP contribution in [-0.4, -0.2) is 35.8 Å². The summed E-state index contributed by atoms with van der Waals surface area (Å²) in [6, 6.07) is 9.21. The Bertz CT molecular complexity index is 709. The van der Waals surface area contributed by atoms with E-state index in [4.69, 9.17) is 4.74 Å². The van der Waals surface area contributed by atoms with E-state index in [-0.39, 0.29) is 0 Å². The molecule has 5 nitrogen and oxygen atoms in total. The molecule has 4 rings (SSSR count). The van der Waals surface area contributed by atoms with Gasteiger partial charge in [0.2, 0.25) is 0 Å². The standard InChI is InChI=1S/C20H28N4O/c1-23-13-11-21-20(23)19(15-9-10-15)22-16-6-5-12-24(14-16)17-7-3-4-8-18(17)25-2/h3-4,7-8,11,13,15-16,19,22H,5-6,9-10,12,14H2,1-2H3/t16-,19-/m1/s1. The highest BCUT2D eigenvalue weighted by atomic mass is 16.5. The van der Waals surface area contributed by atoms with Crippen molar-refractivity contribution in [1.82, 2.24) is 14.9 Å². The molecule has 134 valence electrons. The molecule has 0 spiro atoms. The number of rotatable bonds is 6. The van der Waals surface area contributed by atoms with E-state index in [0.717, 1.165) is 24.8 Å². The largest absolute Gasteiger partial charge is 0.495 e. The van der Waals surface area contributed by atoms with E-state index in [9.17, 15) is 0 Å². The Balaban J connectivity index is 1.48. The number of aryl methyl sites for hydroxylation is 1. The summed E-state index contributed by atoms with van der Waals surface area (Å²) in [7, 11) is 3.85. The van der Waals surface area contributed by atoms with E-state index in [1.807, 2.05) is 18.3 Å². The van der Waals surface area contributed by atoms with Gasteiger partial charge in [-0.05, 0) is 43.7 Å². The van der Waals surface area contributed by atoms with Crippen LogP contribution in [0.3, 0.4) is 0 Å². The van der Waals surface area contributed by atoms with Gasteiger partial charge in [-0.3, -0.25) is 0 Å². The van der Waals surface area contributed by atoms with Crippen LogP contribution in [0.4, 0.5) is 5.69 Å². The third-order valence-corrected chi connectivity index (χ3v) is 5.49. The summed E-state index contributed by atoms with van der Waals surface area (Å²) in [6.45, 7) is 2.11. The molecule has 2 atom stereocenters. The van der Waals surface area contributed by atoms with Crippen LogP contribution in [0.5, 0.6) is 5.75 Å². The maximum atomic E-state index is 5.56. The number of hydrogen-bond donors (Lipinski definition) is 1. The van der Waals surface area contributed by atoms with Crippen LogP contribution in [0, 0.1) is 5.92 Å². The third kappa shape index (κ3) is 3.52. The SMILES string of the molecule is COc1ccccc1N1CCC[C@@H](N[C@@H](c2nccn2C)C2CC2)C1. The second kappa shape index (κ2) is 7.08. The van der Waals surface area contributed by atoms with Gasteiger partial charge < -0.3 is 19.5 Å². The smallest absolute Gasteiger partial charge is 0.142 e. The Labute approximate surface area is 150 Å². The van der Waals surface area contributed by atoms with Gasteiger partial charge >= 0.3 is 0 Å². The third-order valence-electron chi connectivity index (χ3n) is 5.49. The summed E-state index contributed by atoms with van der Waals surface area (Å²) in [4.78, 5) is 7.07. The van der Waals surface area contributed by atoms with Crippen LogP contribution in [0.2, 0.25) is 0 Å². The number of nitrogens with zero attached hydrogens (tertiary/aromatic N) is 3. The van der Waals surface area contributed by atoms with Crippen molar-refractivity contribution < 1.29 is 4.74 Å². The molecule has 1 saturated heterocycles. The zero-order chi connectivity index (χ0) is 17.2. The van der Waals surface area contributed by atoms with Gasteiger partial charge in [-0.1, -0.05) is 12.1 Å². The van der Waals surface area contributed by atoms with Gasteiger partial charge in [-0.2, -0.15) is 0 Å². The molecule has 1 aromatic carbocycles. The Morgan fingerprint density at radius 2 is 2.08 bits per heavy atom. The minimum Gasteiger partial charge on any atom is -0.495 e. The van der Waals surface area contributed by atoms with Gasteiger partial charge in [0.05, 0.1) is 18.8 Å². The van der Waals surface area contributed by atoms with E-state index >= 15 is 0 Å². The van der Waals surface area contributed by atoms with Crippen LogP contribution in [0.1, 0.15) is 37.5 Å². The minimum atomic E-state index is 0.377. The maximum absolute atomic E-state index is 5.56. The second-order valence-electron chi connectivity index (χ2n) is 7.34. The van der Waals surface area contributed by atoms with Crippen molar-refractivity contribution in [1.29, 1.82) is 0 Å². The van der Waals surface area contributed by atoms with Gasteiger partial charge in [0.25, 0.3) is 0 Å². The molecule has 0 amide bonds. The maximum Gasteiger partial charge on any atom is 0.142 e. The Morgan fingerprint density at radius 1 is 1.24 bits per heavy atom.